The zero-order chi connectivity index (χ0) is 17.7. The van der Waals surface area contributed by atoms with Crippen molar-refractivity contribution in [1.82, 2.24) is 15.1 Å². The van der Waals surface area contributed by atoms with Crippen LogP contribution in [0.2, 0.25) is 0 Å². The van der Waals surface area contributed by atoms with E-state index in [9.17, 15) is 9.50 Å². The van der Waals surface area contributed by atoms with E-state index in [2.05, 4.69) is 17.3 Å². The molecule has 2 aromatic rings. The van der Waals surface area contributed by atoms with Gasteiger partial charge in [0, 0.05) is 37.0 Å². The molecule has 1 heterocycles. The van der Waals surface area contributed by atoms with Gasteiger partial charge in [0.2, 0.25) is 0 Å². The average Bonchev–Trinajstić information content (AvgIpc) is 2.85. The molecule has 1 aromatic heterocycles. The van der Waals surface area contributed by atoms with E-state index in [4.69, 9.17) is 0 Å². The van der Waals surface area contributed by atoms with E-state index in [0.29, 0.717) is 23.8 Å². The summed E-state index contributed by atoms with van der Waals surface area (Å²) in [7, 11) is 1.85. The van der Waals surface area contributed by atoms with Gasteiger partial charge in [-0.1, -0.05) is 12.1 Å². The van der Waals surface area contributed by atoms with Gasteiger partial charge in [-0.15, -0.1) is 0 Å². The quantitative estimate of drug-likeness (QED) is 0.775. The molecule has 2 N–H and O–H groups in total. The van der Waals surface area contributed by atoms with E-state index in [-0.39, 0.29) is 5.82 Å². The Morgan fingerprint density at radius 2 is 2.04 bits per heavy atom. The molecule has 0 aliphatic rings. The SMILES string of the molecule is CC(CCCC(C)(C)O)NCc1cn(C)nc1-c1ccccc1F. The molecule has 24 heavy (non-hydrogen) atoms. The molecule has 132 valence electrons. The molecule has 0 spiro atoms. The Labute approximate surface area is 143 Å². The summed E-state index contributed by atoms with van der Waals surface area (Å²) >= 11 is 0. The summed E-state index contributed by atoms with van der Waals surface area (Å²) in [6.45, 7) is 6.44. The van der Waals surface area contributed by atoms with Gasteiger partial charge in [-0.05, 0) is 52.2 Å². The van der Waals surface area contributed by atoms with Crippen molar-refractivity contribution in [3.8, 4) is 11.3 Å². The fourth-order valence-corrected chi connectivity index (χ4v) is 2.77. The number of halogens is 1. The first-order valence-electron chi connectivity index (χ1n) is 8.49. The second-order valence-corrected chi connectivity index (χ2v) is 7.14. The topological polar surface area (TPSA) is 50.1 Å². The van der Waals surface area contributed by atoms with Crippen LogP contribution in [0.15, 0.2) is 30.5 Å². The summed E-state index contributed by atoms with van der Waals surface area (Å²) in [5, 5.41) is 17.7. The van der Waals surface area contributed by atoms with E-state index in [1.807, 2.05) is 33.2 Å². The van der Waals surface area contributed by atoms with Crippen molar-refractivity contribution in [1.29, 1.82) is 0 Å². The third kappa shape index (κ3) is 5.42. The Hall–Kier alpha value is -1.72. The molecule has 0 fully saturated rings. The van der Waals surface area contributed by atoms with Crippen LogP contribution in [0, 0.1) is 5.82 Å². The van der Waals surface area contributed by atoms with Gasteiger partial charge in [-0.3, -0.25) is 4.68 Å². The molecule has 5 heteroatoms. The number of aryl methyl sites for hydroxylation is 1. The molecule has 0 saturated heterocycles. The van der Waals surface area contributed by atoms with Gasteiger partial charge in [0.05, 0.1) is 11.3 Å². The summed E-state index contributed by atoms with van der Waals surface area (Å²) in [6, 6.07) is 7.04. The van der Waals surface area contributed by atoms with Crippen molar-refractivity contribution in [3.63, 3.8) is 0 Å². The van der Waals surface area contributed by atoms with Crippen molar-refractivity contribution >= 4 is 0 Å². The Bertz CT molecular complexity index is 661. The molecule has 0 amide bonds. The fourth-order valence-electron chi connectivity index (χ4n) is 2.77. The van der Waals surface area contributed by atoms with Crippen LogP contribution in [0.5, 0.6) is 0 Å². The maximum Gasteiger partial charge on any atom is 0.132 e. The number of aromatic nitrogens is 2. The standard InChI is InChI=1S/C19H28FN3O/c1-14(8-7-11-19(2,3)24)21-12-15-13-23(4)22-18(15)16-9-5-6-10-17(16)20/h5-6,9-10,13-14,21,24H,7-8,11-12H2,1-4H3. The van der Waals surface area contributed by atoms with E-state index < -0.39 is 5.60 Å². The summed E-state index contributed by atoms with van der Waals surface area (Å²) in [6.07, 6.45) is 4.66. The van der Waals surface area contributed by atoms with E-state index in [0.717, 1.165) is 24.8 Å². The Balaban J connectivity index is 1.97. The molecule has 2 rings (SSSR count). The number of nitrogens with zero attached hydrogens (tertiary/aromatic N) is 2. The third-order valence-corrected chi connectivity index (χ3v) is 4.10. The molecule has 0 aliphatic carbocycles. The number of hydrogen-bond acceptors (Lipinski definition) is 3. The van der Waals surface area contributed by atoms with Crippen molar-refractivity contribution < 1.29 is 9.50 Å². The Morgan fingerprint density at radius 3 is 2.71 bits per heavy atom. The molecule has 4 nitrogen and oxygen atoms in total. The van der Waals surface area contributed by atoms with E-state index in [1.54, 1.807) is 16.8 Å². The monoisotopic (exact) mass is 333 g/mol. The van der Waals surface area contributed by atoms with Crippen molar-refractivity contribution in [3.05, 3.63) is 41.8 Å². The summed E-state index contributed by atoms with van der Waals surface area (Å²) in [5.74, 6) is -0.254. The largest absolute Gasteiger partial charge is 0.390 e. The zero-order valence-corrected chi connectivity index (χ0v) is 15.0. The number of hydrogen-bond donors (Lipinski definition) is 2. The summed E-state index contributed by atoms with van der Waals surface area (Å²) < 4.78 is 15.8. The van der Waals surface area contributed by atoms with Gasteiger partial charge < -0.3 is 10.4 Å². The van der Waals surface area contributed by atoms with Gasteiger partial charge in [0.15, 0.2) is 0 Å². The first-order chi connectivity index (χ1) is 11.3. The minimum atomic E-state index is -0.610. The van der Waals surface area contributed by atoms with Crippen LogP contribution in [0.1, 0.15) is 45.6 Å². The number of aliphatic hydroxyl groups is 1. The molecular formula is C19H28FN3O. The first-order valence-corrected chi connectivity index (χ1v) is 8.49. The molecule has 0 bridgehead atoms. The number of nitrogens with one attached hydrogen (secondary N) is 1. The normalized spacial score (nSPS) is 13.2. The Morgan fingerprint density at radius 1 is 1.33 bits per heavy atom. The minimum Gasteiger partial charge on any atom is -0.390 e. The van der Waals surface area contributed by atoms with E-state index >= 15 is 0 Å². The molecule has 1 unspecified atom stereocenters. The minimum absolute atomic E-state index is 0.254. The van der Waals surface area contributed by atoms with Gasteiger partial charge in [0.1, 0.15) is 5.82 Å². The lowest BCUT2D eigenvalue weighted by atomic mass is 9.99. The highest BCUT2D eigenvalue weighted by molar-refractivity contribution is 5.63. The maximum absolute atomic E-state index is 14.0. The van der Waals surface area contributed by atoms with Crippen LogP contribution in [0.4, 0.5) is 4.39 Å². The second kappa shape index (κ2) is 7.90. The lowest BCUT2D eigenvalue weighted by Crippen LogP contribution is -2.26. The molecule has 0 radical (unpaired) electrons. The lowest BCUT2D eigenvalue weighted by molar-refractivity contribution is 0.0675. The van der Waals surface area contributed by atoms with Gasteiger partial charge >= 0.3 is 0 Å². The lowest BCUT2D eigenvalue weighted by Gasteiger charge is -2.19. The van der Waals surface area contributed by atoms with Crippen molar-refractivity contribution in [2.45, 2.75) is 58.2 Å². The second-order valence-electron chi connectivity index (χ2n) is 7.14. The highest BCUT2D eigenvalue weighted by Gasteiger charge is 2.15. The Kier molecular flexibility index (Phi) is 6.13. The van der Waals surface area contributed by atoms with Crippen molar-refractivity contribution in [2.24, 2.45) is 7.05 Å². The average molecular weight is 333 g/mol. The van der Waals surface area contributed by atoms with Crippen LogP contribution in [-0.2, 0) is 13.6 Å². The van der Waals surface area contributed by atoms with Crippen LogP contribution < -0.4 is 5.32 Å². The maximum atomic E-state index is 14.0. The smallest absolute Gasteiger partial charge is 0.132 e. The molecule has 0 saturated carbocycles. The fraction of sp³-hybridized carbons (Fsp3) is 0.526. The van der Waals surface area contributed by atoms with Crippen LogP contribution in [0.25, 0.3) is 11.3 Å². The van der Waals surface area contributed by atoms with Gasteiger partial charge in [-0.25, -0.2) is 4.39 Å². The van der Waals surface area contributed by atoms with Crippen LogP contribution in [0.3, 0.4) is 0 Å². The predicted octanol–water partition coefficient (Wildman–Crippen LogP) is 3.65. The molecule has 1 aromatic carbocycles. The summed E-state index contributed by atoms with van der Waals surface area (Å²) in [4.78, 5) is 0. The number of rotatable bonds is 8. The van der Waals surface area contributed by atoms with Crippen LogP contribution in [-0.4, -0.2) is 26.5 Å². The van der Waals surface area contributed by atoms with E-state index in [1.165, 1.54) is 6.07 Å². The zero-order valence-electron chi connectivity index (χ0n) is 15.0. The highest BCUT2D eigenvalue weighted by Crippen LogP contribution is 2.24. The molecule has 0 aliphatic heterocycles. The van der Waals surface area contributed by atoms with Gasteiger partial charge in [0.25, 0.3) is 0 Å². The third-order valence-electron chi connectivity index (χ3n) is 4.10. The molecular weight excluding hydrogens is 305 g/mol. The van der Waals surface area contributed by atoms with Crippen molar-refractivity contribution in [2.75, 3.05) is 0 Å². The highest BCUT2D eigenvalue weighted by atomic mass is 19.1. The number of benzene rings is 1. The summed E-state index contributed by atoms with van der Waals surface area (Å²) in [5.41, 5.74) is 1.59. The van der Waals surface area contributed by atoms with Crippen LogP contribution >= 0.6 is 0 Å². The van der Waals surface area contributed by atoms with Gasteiger partial charge in [-0.2, -0.15) is 5.10 Å². The first kappa shape index (κ1) is 18.6. The molecule has 1 atom stereocenters. The predicted molar refractivity (Wildman–Crippen MR) is 95.1 cm³/mol.